The van der Waals surface area contributed by atoms with Gasteiger partial charge in [0.1, 0.15) is 0 Å². The molecule has 0 unspecified atom stereocenters. The van der Waals surface area contributed by atoms with E-state index in [1.165, 1.54) is 5.41 Å². The number of benzene rings is 3. The third-order valence-electron chi connectivity index (χ3n) is 4.82. The highest BCUT2D eigenvalue weighted by atomic mass is 32.2. The lowest BCUT2D eigenvalue weighted by Crippen LogP contribution is -1.99. The molecular weight excluding hydrogens is 394 g/mol. The lowest BCUT2D eigenvalue weighted by atomic mass is 10.0. The first kappa shape index (κ1) is 19.9. The Kier molecular flexibility index (Phi) is 5.63. The molecule has 4 nitrogen and oxygen atoms in total. The van der Waals surface area contributed by atoms with Crippen LogP contribution in [-0.4, -0.2) is 13.6 Å². The summed E-state index contributed by atoms with van der Waals surface area (Å²) in [7, 11) is -3.42. The van der Waals surface area contributed by atoms with E-state index in [2.05, 4.69) is 17.3 Å². The van der Waals surface area contributed by atoms with Crippen molar-refractivity contribution in [2.24, 2.45) is 0 Å². The monoisotopic (exact) mass is 415 g/mol. The first-order valence-electron chi connectivity index (χ1n) is 9.59. The average molecular weight is 416 g/mol. The molecule has 0 fully saturated rings. The van der Waals surface area contributed by atoms with Gasteiger partial charge >= 0.3 is 0 Å². The fraction of sp³-hybridized carbons (Fsp3) is 0.0800. The van der Waals surface area contributed by atoms with Crippen LogP contribution >= 0.6 is 0 Å². The summed E-state index contributed by atoms with van der Waals surface area (Å²) in [5.74, 6) is 0.508. The molecule has 0 saturated heterocycles. The van der Waals surface area contributed by atoms with Crippen molar-refractivity contribution in [3.8, 4) is 22.5 Å². The van der Waals surface area contributed by atoms with Gasteiger partial charge in [0, 0.05) is 16.5 Å². The molecule has 1 heterocycles. The Morgan fingerprint density at radius 3 is 2.03 bits per heavy atom. The van der Waals surface area contributed by atoms with Crippen LogP contribution in [-0.2, 0) is 15.6 Å². The van der Waals surface area contributed by atoms with Crippen LogP contribution in [0.15, 0.2) is 94.9 Å². The molecule has 0 bridgehead atoms. The molecule has 0 spiro atoms. The molecule has 30 heavy (non-hydrogen) atoms. The van der Waals surface area contributed by atoms with E-state index in [1.54, 1.807) is 25.1 Å². The van der Waals surface area contributed by atoms with Gasteiger partial charge in [-0.2, -0.15) is 0 Å². The minimum Gasteiger partial charge on any atom is -0.355 e. The predicted octanol–water partition coefficient (Wildman–Crippen LogP) is 5.90. The van der Waals surface area contributed by atoms with Crippen LogP contribution < -0.4 is 0 Å². The molecule has 0 aliphatic rings. The molecular formula is C25H21NO3S. The number of hydrogen-bond acceptors (Lipinski definition) is 4. The van der Waals surface area contributed by atoms with E-state index in [0.29, 0.717) is 17.0 Å². The second-order valence-electron chi connectivity index (χ2n) is 7.05. The second kappa shape index (κ2) is 8.51. The highest BCUT2D eigenvalue weighted by Gasteiger charge is 2.15. The molecule has 0 amide bonds. The summed E-state index contributed by atoms with van der Waals surface area (Å²) in [5, 5.41) is 5.27. The predicted molar refractivity (Wildman–Crippen MR) is 120 cm³/mol. The molecule has 0 aliphatic carbocycles. The molecule has 3 aromatic carbocycles. The largest absolute Gasteiger partial charge is 0.355 e. The first-order chi connectivity index (χ1) is 14.5. The van der Waals surface area contributed by atoms with Gasteiger partial charge in [-0.1, -0.05) is 90.1 Å². The summed E-state index contributed by atoms with van der Waals surface area (Å²) in [6.07, 6.45) is 1.57. The van der Waals surface area contributed by atoms with Gasteiger partial charge in [0.25, 0.3) is 0 Å². The molecule has 4 aromatic rings. The Hall–Kier alpha value is -3.44. The molecule has 0 saturated carbocycles. The zero-order valence-corrected chi connectivity index (χ0v) is 17.3. The van der Waals surface area contributed by atoms with Crippen molar-refractivity contribution in [1.29, 1.82) is 0 Å². The third-order valence-corrected chi connectivity index (χ3v) is 6.10. The van der Waals surface area contributed by atoms with Crippen molar-refractivity contribution in [3.63, 3.8) is 0 Å². The van der Waals surface area contributed by atoms with Gasteiger partial charge in [0.05, 0.1) is 11.4 Å². The fourth-order valence-corrected chi connectivity index (χ4v) is 4.35. The minimum absolute atomic E-state index is 0.0459. The maximum Gasteiger partial charge on any atom is 0.175 e. The van der Waals surface area contributed by atoms with Gasteiger partial charge in [0.2, 0.25) is 0 Å². The highest BCUT2D eigenvalue weighted by Crippen LogP contribution is 2.30. The molecule has 4 rings (SSSR count). The van der Waals surface area contributed by atoms with E-state index in [9.17, 15) is 8.42 Å². The number of rotatable bonds is 6. The van der Waals surface area contributed by atoms with Crippen LogP contribution in [0.2, 0.25) is 0 Å². The molecule has 0 atom stereocenters. The van der Waals surface area contributed by atoms with E-state index in [1.807, 2.05) is 60.7 Å². The lowest BCUT2D eigenvalue weighted by molar-refractivity contribution is 0.427. The SMILES string of the molecule is Cc1noc(-c2ccc(-c3ccccc3)cc2)c1/C=C/S(=O)(=O)Cc1ccccc1. The van der Waals surface area contributed by atoms with E-state index in [-0.39, 0.29) is 5.75 Å². The minimum atomic E-state index is -3.42. The second-order valence-corrected chi connectivity index (χ2v) is 8.94. The first-order valence-corrected chi connectivity index (χ1v) is 11.3. The van der Waals surface area contributed by atoms with Crippen molar-refractivity contribution in [1.82, 2.24) is 5.16 Å². The topological polar surface area (TPSA) is 60.2 Å². The average Bonchev–Trinajstić information content (AvgIpc) is 3.14. The summed E-state index contributed by atoms with van der Waals surface area (Å²) < 4.78 is 30.6. The number of sulfone groups is 1. The van der Waals surface area contributed by atoms with Gasteiger partial charge in [-0.3, -0.25) is 0 Å². The van der Waals surface area contributed by atoms with E-state index >= 15 is 0 Å². The van der Waals surface area contributed by atoms with Crippen molar-refractivity contribution < 1.29 is 12.9 Å². The summed E-state index contributed by atoms with van der Waals surface area (Å²) in [6.45, 7) is 1.80. The van der Waals surface area contributed by atoms with E-state index in [4.69, 9.17) is 4.52 Å². The van der Waals surface area contributed by atoms with Gasteiger partial charge in [-0.15, -0.1) is 0 Å². The van der Waals surface area contributed by atoms with Gasteiger partial charge in [-0.05, 0) is 29.7 Å². The fourth-order valence-electron chi connectivity index (χ4n) is 3.25. The Morgan fingerprint density at radius 1 is 0.800 bits per heavy atom. The number of aryl methyl sites for hydroxylation is 1. The summed E-state index contributed by atoms with van der Waals surface area (Å²) in [5.41, 5.74) is 5.13. The van der Waals surface area contributed by atoms with Crippen molar-refractivity contribution in [2.75, 3.05) is 0 Å². The maximum atomic E-state index is 12.5. The smallest absolute Gasteiger partial charge is 0.175 e. The van der Waals surface area contributed by atoms with E-state index < -0.39 is 9.84 Å². The molecule has 150 valence electrons. The lowest BCUT2D eigenvalue weighted by Gasteiger charge is -2.04. The Balaban J connectivity index is 1.59. The maximum absolute atomic E-state index is 12.5. The summed E-state index contributed by atoms with van der Waals surface area (Å²) in [4.78, 5) is 0. The summed E-state index contributed by atoms with van der Waals surface area (Å²) in [6, 6.07) is 27.2. The Morgan fingerprint density at radius 2 is 1.37 bits per heavy atom. The van der Waals surface area contributed by atoms with Crippen LogP contribution in [0.25, 0.3) is 28.5 Å². The van der Waals surface area contributed by atoms with Gasteiger partial charge < -0.3 is 4.52 Å². The molecule has 1 aromatic heterocycles. The Labute approximate surface area is 176 Å². The van der Waals surface area contributed by atoms with Crippen LogP contribution in [0.1, 0.15) is 16.8 Å². The zero-order valence-electron chi connectivity index (χ0n) is 16.5. The molecule has 5 heteroatoms. The molecule has 0 radical (unpaired) electrons. The van der Waals surface area contributed by atoms with Crippen molar-refractivity contribution >= 4 is 15.9 Å². The van der Waals surface area contributed by atoms with Gasteiger partial charge in [-0.25, -0.2) is 8.42 Å². The van der Waals surface area contributed by atoms with Crippen LogP contribution in [0.3, 0.4) is 0 Å². The normalized spacial score (nSPS) is 11.8. The number of hydrogen-bond donors (Lipinski definition) is 0. The Bertz CT molecular complexity index is 1260. The summed E-state index contributed by atoms with van der Waals surface area (Å²) >= 11 is 0. The van der Waals surface area contributed by atoms with Crippen LogP contribution in [0.5, 0.6) is 0 Å². The van der Waals surface area contributed by atoms with Crippen molar-refractivity contribution in [3.05, 3.63) is 107 Å². The third kappa shape index (κ3) is 4.58. The number of aromatic nitrogens is 1. The van der Waals surface area contributed by atoms with Crippen molar-refractivity contribution in [2.45, 2.75) is 12.7 Å². The van der Waals surface area contributed by atoms with Crippen LogP contribution in [0, 0.1) is 6.92 Å². The molecule has 0 aliphatic heterocycles. The quantitative estimate of drug-likeness (QED) is 0.393. The van der Waals surface area contributed by atoms with Crippen LogP contribution in [0.4, 0.5) is 0 Å². The standard InChI is InChI=1S/C25H21NO3S/c1-19-24(16-17-30(27,28)18-20-8-4-2-5-9-20)25(29-26-19)23-14-12-22(13-15-23)21-10-6-3-7-11-21/h2-17H,18H2,1H3/b17-16+. The number of nitrogens with zero attached hydrogens (tertiary/aromatic N) is 1. The highest BCUT2D eigenvalue weighted by molar-refractivity contribution is 7.93. The molecule has 0 N–H and O–H groups in total. The van der Waals surface area contributed by atoms with E-state index in [0.717, 1.165) is 22.3 Å². The van der Waals surface area contributed by atoms with Gasteiger partial charge in [0.15, 0.2) is 15.6 Å². The zero-order chi connectivity index (χ0) is 21.0.